The van der Waals surface area contributed by atoms with Crippen LogP contribution in [0.2, 0.25) is 0 Å². The van der Waals surface area contributed by atoms with E-state index >= 15 is 4.79 Å². The molecule has 5 atom stereocenters. The normalized spacial score (nSPS) is 16.2. The average molecular weight is 1450 g/mol. The van der Waals surface area contributed by atoms with Crippen LogP contribution in [0.4, 0.5) is 17.6 Å². The molecule has 1 aromatic heterocycles. The van der Waals surface area contributed by atoms with Gasteiger partial charge in [0.1, 0.15) is 67.1 Å². The third kappa shape index (κ3) is 23.1. The van der Waals surface area contributed by atoms with E-state index in [9.17, 15) is 61.0 Å². The minimum atomic E-state index is -5.95. The van der Waals surface area contributed by atoms with Crippen LogP contribution in [-0.2, 0) is 66.4 Å². The molecule has 103 heavy (non-hydrogen) atoms. The van der Waals surface area contributed by atoms with Crippen LogP contribution in [0.25, 0.3) is 10.9 Å². The van der Waals surface area contributed by atoms with Crippen LogP contribution in [0.15, 0.2) is 152 Å². The number of carbonyl (C=O) groups is 6. The third-order valence-electron chi connectivity index (χ3n) is 17.2. The molecule has 0 aliphatic carbocycles. The molecule has 30 heteroatoms. The molecular formula is C73H85F4N8O17P. The fourth-order valence-corrected chi connectivity index (χ4v) is 12.2. The van der Waals surface area contributed by atoms with Crippen molar-refractivity contribution in [3.8, 4) is 17.2 Å². The van der Waals surface area contributed by atoms with Crippen molar-refractivity contribution in [2.24, 2.45) is 5.73 Å². The van der Waals surface area contributed by atoms with Gasteiger partial charge < -0.3 is 89.8 Å². The highest BCUT2D eigenvalue weighted by molar-refractivity contribution is 7.52. The molecule has 3 heterocycles. The van der Waals surface area contributed by atoms with E-state index in [1.165, 1.54) is 34.1 Å². The number of aliphatic hydroxyl groups excluding tert-OH is 1. The lowest BCUT2D eigenvalue weighted by Crippen LogP contribution is -2.62. The number of H-pyrrole nitrogens is 1. The van der Waals surface area contributed by atoms with E-state index in [4.69, 9.17) is 38.9 Å². The maximum absolute atomic E-state index is 15.0. The monoisotopic (exact) mass is 1450 g/mol. The van der Waals surface area contributed by atoms with Gasteiger partial charge in [-0.15, -0.1) is 0 Å². The molecule has 2 saturated heterocycles. The van der Waals surface area contributed by atoms with Crippen LogP contribution in [0.3, 0.4) is 0 Å². The summed E-state index contributed by atoms with van der Waals surface area (Å²) in [7, 11) is -5.95. The van der Waals surface area contributed by atoms with Crippen molar-refractivity contribution in [1.29, 1.82) is 0 Å². The minimum absolute atomic E-state index is 0.00945. The van der Waals surface area contributed by atoms with E-state index in [2.05, 4.69) is 26.3 Å². The Balaban J connectivity index is 0.695. The molecular weight excluding hydrogens is 1370 g/mol. The number of aliphatic hydroxyl groups is 1. The fraction of sp³-hybridized carbons (Fsp3) is 0.397. The van der Waals surface area contributed by atoms with Gasteiger partial charge in [-0.1, -0.05) is 91.0 Å². The smallest absolute Gasteiger partial charge is 0.399 e. The van der Waals surface area contributed by atoms with E-state index < -0.39 is 84.7 Å². The maximum atomic E-state index is 15.0. The van der Waals surface area contributed by atoms with Crippen LogP contribution >= 0.6 is 7.60 Å². The van der Waals surface area contributed by atoms with Gasteiger partial charge in [0.2, 0.25) is 29.5 Å². The number of nitrogens with zero attached hydrogens (tertiary/aromatic N) is 2. The number of hydrogen-bond donors (Lipinski definition) is 9. The molecule has 2 aliphatic heterocycles. The summed E-state index contributed by atoms with van der Waals surface area (Å²) in [4.78, 5) is 108. The number of aromatic amines is 1. The van der Waals surface area contributed by atoms with E-state index in [0.29, 0.717) is 50.0 Å². The molecule has 0 unspecified atom stereocenters. The molecule has 25 nitrogen and oxygen atoms in total. The number of aromatic nitrogens is 1. The predicted octanol–water partition coefficient (Wildman–Crippen LogP) is 7.05. The summed E-state index contributed by atoms with van der Waals surface area (Å²) in [6.07, 6.45) is -0.383. The Hall–Kier alpha value is -9.29. The lowest BCUT2D eigenvalue weighted by molar-refractivity contribution is -0.145. The minimum Gasteiger partial charge on any atom is -0.491 e. The number of hydrogen-bond acceptors (Lipinski definition) is 16. The fourth-order valence-electron chi connectivity index (χ4n) is 11.7. The average Bonchev–Trinajstić information content (AvgIpc) is 1.68. The summed E-state index contributed by atoms with van der Waals surface area (Å²) in [5, 5.41) is 22.2. The van der Waals surface area contributed by atoms with Crippen molar-refractivity contribution >= 4 is 53.9 Å². The second-order valence-electron chi connectivity index (χ2n) is 24.7. The van der Waals surface area contributed by atoms with Crippen molar-refractivity contribution in [3.05, 3.63) is 197 Å². The van der Waals surface area contributed by atoms with E-state index in [1.807, 2.05) is 60.7 Å². The molecule has 6 aromatic carbocycles. The van der Waals surface area contributed by atoms with Gasteiger partial charge in [-0.25, -0.2) is 8.78 Å². The lowest BCUT2D eigenvalue weighted by Gasteiger charge is -2.39. The SMILES string of the molecule is NC(=O)CC[C@H](NC(=O)[C@@H]1CC[C@@H]2CCN(C(=O)CCCOCCOCCOCCOCCNC[C@@H](O)COc3ccc(OCc4ccc(F)cc4)c(OCc4ccc(F)cc4)c3)C[C@H](NC(=O)c3cc4cc(C(F)(F)P(=O)(O)O)ccc4[nH]3)C(=O)N21)C(=O)NC(c1ccccc1)c1ccccc1. The first kappa shape index (κ1) is 77.9. The number of halogens is 4. The Morgan fingerprint density at radius 1 is 0.680 bits per heavy atom. The number of benzene rings is 6. The molecule has 0 radical (unpaired) electrons. The van der Waals surface area contributed by atoms with Crippen LogP contribution in [0.5, 0.6) is 17.2 Å². The zero-order valence-electron chi connectivity index (χ0n) is 56.4. The van der Waals surface area contributed by atoms with E-state index in [1.54, 1.807) is 42.5 Å². The van der Waals surface area contributed by atoms with Crippen molar-refractivity contribution < 1.29 is 98.9 Å². The Morgan fingerprint density at radius 2 is 1.28 bits per heavy atom. The highest BCUT2D eigenvalue weighted by Crippen LogP contribution is 2.59. The highest BCUT2D eigenvalue weighted by Gasteiger charge is 2.51. The molecule has 0 bridgehead atoms. The van der Waals surface area contributed by atoms with Gasteiger partial charge in [-0.2, -0.15) is 8.78 Å². The van der Waals surface area contributed by atoms with Crippen LogP contribution < -0.4 is 41.2 Å². The molecule has 0 spiro atoms. The molecule has 0 saturated carbocycles. The van der Waals surface area contributed by atoms with Gasteiger partial charge >= 0.3 is 13.3 Å². The Morgan fingerprint density at radius 3 is 1.89 bits per heavy atom. The summed E-state index contributed by atoms with van der Waals surface area (Å²) in [6, 6.07) is 33.7. The first-order chi connectivity index (χ1) is 49.6. The number of primary amides is 1. The Bertz CT molecular complexity index is 3940. The molecule has 6 amide bonds. The van der Waals surface area contributed by atoms with Crippen LogP contribution in [0.1, 0.15) is 89.3 Å². The number of ether oxygens (including phenoxy) is 7. The number of rotatable bonds is 40. The van der Waals surface area contributed by atoms with Gasteiger partial charge in [-0.05, 0) is 109 Å². The summed E-state index contributed by atoms with van der Waals surface area (Å²) < 4.78 is 109. The molecule has 2 aliphatic rings. The zero-order valence-corrected chi connectivity index (χ0v) is 57.3. The molecule has 10 N–H and O–H groups in total. The topological polar surface area (TPSA) is 341 Å². The van der Waals surface area contributed by atoms with Gasteiger partial charge in [0.15, 0.2) is 11.5 Å². The highest BCUT2D eigenvalue weighted by atomic mass is 31.2. The summed E-state index contributed by atoms with van der Waals surface area (Å²) in [5.74, 6) is -3.62. The number of carbonyl (C=O) groups excluding carboxylic acids is 6. The van der Waals surface area contributed by atoms with Crippen molar-refractivity contribution in [2.45, 2.75) is 100 Å². The summed E-state index contributed by atoms with van der Waals surface area (Å²) >= 11 is 0. The van der Waals surface area contributed by atoms with E-state index in [-0.39, 0.29) is 145 Å². The van der Waals surface area contributed by atoms with Gasteiger partial charge in [0.25, 0.3) is 5.91 Å². The van der Waals surface area contributed by atoms with Gasteiger partial charge in [-0.3, -0.25) is 33.3 Å². The number of amides is 6. The number of nitrogens with two attached hydrogens (primary N) is 1. The summed E-state index contributed by atoms with van der Waals surface area (Å²) in [5.41, 5.74) is 2.87. The van der Waals surface area contributed by atoms with Gasteiger partial charge in [0, 0.05) is 74.2 Å². The molecule has 9 rings (SSSR count). The van der Waals surface area contributed by atoms with Crippen molar-refractivity contribution in [2.75, 3.05) is 85.6 Å². The third-order valence-corrected chi connectivity index (χ3v) is 18.2. The first-order valence-electron chi connectivity index (χ1n) is 33.8. The second kappa shape index (κ2) is 38.3. The zero-order chi connectivity index (χ0) is 73.3. The largest absolute Gasteiger partial charge is 0.491 e. The van der Waals surface area contributed by atoms with Crippen molar-refractivity contribution in [1.82, 2.24) is 36.1 Å². The molecule has 2 fully saturated rings. The molecule has 7 aromatic rings. The van der Waals surface area contributed by atoms with Crippen molar-refractivity contribution in [3.63, 3.8) is 0 Å². The van der Waals surface area contributed by atoms with E-state index in [0.717, 1.165) is 46.5 Å². The number of alkyl halides is 2. The Labute approximate surface area is 592 Å². The quantitative estimate of drug-likeness (QED) is 0.0105. The Kier molecular flexibility index (Phi) is 28.9. The van der Waals surface area contributed by atoms with Crippen LogP contribution in [0, 0.1) is 11.6 Å². The predicted molar refractivity (Wildman–Crippen MR) is 368 cm³/mol. The maximum Gasteiger partial charge on any atom is 0.399 e. The van der Waals surface area contributed by atoms with Gasteiger partial charge in [0.05, 0.1) is 52.3 Å². The number of nitrogens with one attached hydrogen (secondary N) is 5. The number of fused-ring (bicyclic) bond motifs is 2. The second-order valence-corrected chi connectivity index (χ2v) is 26.4. The summed E-state index contributed by atoms with van der Waals surface area (Å²) in [6.45, 7) is 2.82. The lowest BCUT2D eigenvalue weighted by atomic mass is 9.98. The first-order valence-corrected chi connectivity index (χ1v) is 35.4. The molecule has 552 valence electrons. The standard InChI is InChI=1S/C73H85F4N8O17P/c74-54-18-13-48(14-19-54)45-101-64-27-23-58(42-65(64)102-46-49-15-20-55(75)21-16-49)100-47-57(86)43-79-30-33-97-35-37-99-39-38-98-36-34-96-32-7-12-67(88)84-31-29-56-22-26-63(71(91)81-60(25-28-66(78)87)69(89)83-68(50-8-3-1-4-9-50)51-10-5-2-6-11-51)85(56)72(92)62(44-84)82-70(90)61-41-52-40-53(17-24-59(52)80-61)73(76,77)103(93,94)95/h1-6,8-11,13-21,23-24,27,40-42,56-57,60,62-63,68,79-80,86H,7,12,22,25-26,28-39,43-47H2,(H2,78,87)(H,81,91)(H,82,90)(H,83,89)(H2,93,94,95)/t56-,57-,60+,62+,63+/m1/s1. The van der Waals surface area contributed by atoms with Crippen LogP contribution in [-0.4, -0.2) is 181 Å².